The molecule has 10 nitrogen and oxygen atoms in total. The van der Waals surface area contributed by atoms with Gasteiger partial charge in [-0.25, -0.2) is 0 Å². The van der Waals surface area contributed by atoms with Crippen LogP contribution < -0.4 is 0 Å². The van der Waals surface area contributed by atoms with E-state index in [0.29, 0.717) is 36.1 Å². The third kappa shape index (κ3) is 8.62. The lowest BCUT2D eigenvalue weighted by Gasteiger charge is -2.25. The van der Waals surface area contributed by atoms with Crippen LogP contribution in [0.15, 0.2) is 71.5 Å². The Kier molecular flexibility index (Phi) is 10.5. The van der Waals surface area contributed by atoms with Crippen molar-refractivity contribution in [3.8, 4) is 0 Å². The van der Waals surface area contributed by atoms with Gasteiger partial charge in [0.1, 0.15) is 0 Å². The quantitative estimate of drug-likeness (QED) is 0.214. The van der Waals surface area contributed by atoms with Gasteiger partial charge in [0.05, 0.1) is 9.79 Å². The van der Waals surface area contributed by atoms with Gasteiger partial charge in [0.2, 0.25) is 11.8 Å². The lowest BCUT2D eigenvalue weighted by Crippen LogP contribution is -2.33. The number of hydrogen-bond donors (Lipinski definition) is 2. The minimum Gasteiger partial charge on any atom is -0.335 e. The summed E-state index contributed by atoms with van der Waals surface area (Å²) in [6, 6.07) is 8.68. The van der Waals surface area contributed by atoms with Gasteiger partial charge in [0.25, 0.3) is 20.2 Å². The fourth-order valence-corrected chi connectivity index (χ4v) is 5.21. The summed E-state index contributed by atoms with van der Waals surface area (Å²) in [5.41, 5.74) is 2.17. The number of benzene rings is 2. The second-order valence-electron chi connectivity index (χ2n) is 8.78. The zero-order chi connectivity index (χ0) is 28.7. The van der Waals surface area contributed by atoms with Crippen molar-refractivity contribution in [1.29, 1.82) is 0 Å². The highest BCUT2D eigenvalue weighted by Gasteiger charge is 2.20. The van der Waals surface area contributed by atoms with Crippen molar-refractivity contribution in [1.82, 2.24) is 9.80 Å². The number of carbonyl (C=O) groups is 2. The van der Waals surface area contributed by atoms with Gasteiger partial charge in [0.15, 0.2) is 0 Å². The van der Waals surface area contributed by atoms with E-state index >= 15 is 0 Å². The van der Waals surface area contributed by atoms with Gasteiger partial charge in [0, 0.05) is 26.2 Å². The molecule has 0 bridgehead atoms. The molecular weight excluding hydrogens is 532 g/mol. The molecule has 2 rings (SSSR count). The lowest BCUT2D eigenvalue weighted by atomic mass is 10.1. The van der Waals surface area contributed by atoms with Crippen molar-refractivity contribution in [2.24, 2.45) is 0 Å². The Morgan fingerprint density at radius 2 is 1.29 bits per heavy atom. The Balaban J connectivity index is 2.11. The number of nitrogens with zero attached hydrogens (tertiary/aromatic N) is 2. The van der Waals surface area contributed by atoms with Crippen LogP contribution in [0.3, 0.4) is 0 Å². The van der Waals surface area contributed by atoms with Gasteiger partial charge < -0.3 is 9.80 Å². The lowest BCUT2D eigenvalue weighted by molar-refractivity contribution is -0.128. The molecular formula is C26H32N2O8S2. The summed E-state index contributed by atoms with van der Waals surface area (Å²) in [6.07, 6.45) is 3.24. The van der Waals surface area contributed by atoms with Crippen molar-refractivity contribution in [2.75, 3.05) is 13.1 Å². The van der Waals surface area contributed by atoms with E-state index < -0.39 is 26.1 Å². The Morgan fingerprint density at radius 3 is 1.74 bits per heavy atom. The van der Waals surface area contributed by atoms with E-state index in [1.165, 1.54) is 40.1 Å². The van der Waals surface area contributed by atoms with Gasteiger partial charge >= 0.3 is 0 Å². The van der Waals surface area contributed by atoms with Crippen molar-refractivity contribution < 1.29 is 35.5 Å². The van der Waals surface area contributed by atoms with Crippen LogP contribution in [0.5, 0.6) is 0 Å². The number of rotatable bonds is 13. The molecule has 2 aromatic carbocycles. The van der Waals surface area contributed by atoms with E-state index in [0.717, 1.165) is 6.08 Å². The molecule has 206 valence electrons. The van der Waals surface area contributed by atoms with Crippen LogP contribution in [0.4, 0.5) is 0 Å². The minimum atomic E-state index is -4.49. The van der Waals surface area contributed by atoms with Gasteiger partial charge in [-0.2, -0.15) is 16.8 Å². The number of carbonyl (C=O) groups excluding carboxylic acids is 2. The first kappa shape index (κ1) is 30.9. The van der Waals surface area contributed by atoms with Crippen LogP contribution in [0, 0.1) is 13.8 Å². The number of unbranched alkanes of at least 4 members (excludes halogenated alkanes) is 1. The van der Waals surface area contributed by atoms with Crippen molar-refractivity contribution in [3.63, 3.8) is 0 Å². The average molecular weight is 565 g/mol. The molecule has 0 aliphatic heterocycles. The summed E-state index contributed by atoms with van der Waals surface area (Å²) in [5, 5.41) is 0. The second-order valence-corrected chi connectivity index (χ2v) is 11.6. The normalized spacial score (nSPS) is 11.6. The summed E-state index contributed by atoms with van der Waals surface area (Å²) in [5.74, 6) is -0.750. The van der Waals surface area contributed by atoms with Crippen molar-refractivity contribution >= 4 is 32.1 Å². The molecule has 0 atom stereocenters. The van der Waals surface area contributed by atoms with Crippen LogP contribution in [-0.4, -0.2) is 60.6 Å². The molecule has 12 heteroatoms. The summed E-state index contributed by atoms with van der Waals surface area (Å²) in [4.78, 5) is 27.3. The first-order valence-electron chi connectivity index (χ1n) is 11.6. The molecule has 2 aromatic rings. The second kappa shape index (κ2) is 13.0. The maximum atomic E-state index is 12.5. The standard InChI is InChI=1S/C26H32N2O8S2/c1-5-25(29)27(17-21-11-12-23(16-20(21)4)37(31,32)33)13-7-8-14-28(26(30)6-2)18-22-10-9-19(3)15-24(22)38(34,35)36/h5-6,9-12,15-16H,1-2,7-8,13-14,17-18H2,3-4H3,(H,31,32,33)(H,34,35,36). The SMILES string of the molecule is C=CC(=O)N(CCCCN(Cc1ccc(C)cc1S(=O)(=O)O)C(=O)C=C)Cc1ccc(S(=O)(=O)O)cc1C. The van der Waals surface area contributed by atoms with E-state index in [1.807, 2.05) is 0 Å². The summed E-state index contributed by atoms with van der Waals surface area (Å²) in [6.45, 7) is 11.0. The van der Waals surface area contributed by atoms with Crippen LogP contribution in [0.1, 0.15) is 35.1 Å². The Hall–Kier alpha value is -3.32. The zero-order valence-electron chi connectivity index (χ0n) is 21.3. The van der Waals surface area contributed by atoms with Crippen LogP contribution in [0.2, 0.25) is 0 Å². The molecule has 0 heterocycles. The van der Waals surface area contributed by atoms with E-state index in [2.05, 4.69) is 13.2 Å². The third-order valence-electron chi connectivity index (χ3n) is 5.91. The maximum absolute atomic E-state index is 12.5. The molecule has 0 aromatic heterocycles. The van der Waals surface area contributed by atoms with Crippen LogP contribution in [0.25, 0.3) is 0 Å². The minimum absolute atomic E-state index is 0.0606. The van der Waals surface area contributed by atoms with Crippen molar-refractivity contribution in [2.45, 2.75) is 49.6 Å². The summed E-state index contributed by atoms with van der Waals surface area (Å²) < 4.78 is 65.3. The molecule has 0 radical (unpaired) electrons. The average Bonchev–Trinajstić information content (AvgIpc) is 2.84. The topological polar surface area (TPSA) is 149 Å². The van der Waals surface area contributed by atoms with Gasteiger partial charge in [-0.1, -0.05) is 31.4 Å². The predicted molar refractivity (Wildman–Crippen MR) is 142 cm³/mol. The predicted octanol–water partition coefficient (Wildman–Crippen LogP) is 3.31. The first-order valence-corrected chi connectivity index (χ1v) is 14.5. The molecule has 0 saturated carbocycles. The monoisotopic (exact) mass is 564 g/mol. The third-order valence-corrected chi connectivity index (χ3v) is 7.70. The van der Waals surface area contributed by atoms with Crippen molar-refractivity contribution in [3.05, 3.63) is 84.0 Å². The Morgan fingerprint density at radius 1 is 0.789 bits per heavy atom. The van der Waals surface area contributed by atoms with E-state index in [1.54, 1.807) is 26.0 Å². The highest BCUT2D eigenvalue weighted by molar-refractivity contribution is 7.86. The van der Waals surface area contributed by atoms with Gasteiger partial charge in [-0.05, 0) is 79.3 Å². The van der Waals surface area contributed by atoms with E-state index in [9.17, 15) is 35.5 Å². The molecule has 2 amide bonds. The number of aryl methyl sites for hydroxylation is 2. The molecule has 0 aliphatic carbocycles. The van der Waals surface area contributed by atoms with E-state index in [4.69, 9.17) is 0 Å². The summed E-state index contributed by atoms with van der Waals surface area (Å²) in [7, 11) is -8.84. The highest BCUT2D eigenvalue weighted by atomic mass is 32.2. The van der Waals surface area contributed by atoms with E-state index in [-0.39, 0.29) is 40.9 Å². The fraction of sp³-hybridized carbons (Fsp3) is 0.308. The molecule has 38 heavy (non-hydrogen) atoms. The van der Waals surface area contributed by atoms with Gasteiger partial charge in [-0.3, -0.25) is 18.7 Å². The maximum Gasteiger partial charge on any atom is 0.294 e. The smallest absolute Gasteiger partial charge is 0.294 e. The Labute approximate surface area is 223 Å². The fourth-order valence-electron chi connectivity index (χ4n) is 3.85. The van der Waals surface area contributed by atoms with Gasteiger partial charge in [-0.15, -0.1) is 0 Å². The largest absolute Gasteiger partial charge is 0.335 e. The molecule has 0 unspecified atom stereocenters. The Bertz CT molecular complexity index is 1430. The molecule has 0 aliphatic rings. The molecule has 0 fully saturated rings. The molecule has 2 N–H and O–H groups in total. The van der Waals surface area contributed by atoms with Crippen LogP contribution in [-0.2, 0) is 42.9 Å². The van der Waals surface area contributed by atoms with Crippen LogP contribution >= 0.6 is 0 Å². The summed E-state index contributed by atoms with van der Waals surface area (Å²) >= 11 is 0. The number of amides is 2. The zero-order valence-corrected chi connectivity index (χ0v) is 23.0. The first-order chi connectivity index (χ1) is 17.7. The molecule has 0 spiro atoms. The molecule has 0 saturated heterocycles. The highest BCUT2D eigenvalue weighted by Crippen LogP contribution is 2.21. The number of hydrogen-bond acceptors (Lipinski definition) is 6.